The molecule has 1 saturated heterocycles. The number of nitrogens with zero attached hydrogens (tertiary/aromatic N) is 3. The number of nitrogens with one attached hydrogen (secondary N) is 1. The molecular formula is C26H28N4O3. The number of hydrogen-bond acceptors (Lipinski definition) is 5. The van der Waals surface area contributed by atoms with E-state index >= 15 is 0 Å². The summed E-state index contributed by atoms with van der Waals surface area (Å²) in [7, 11) is 1.60. The Morgan fingerprint density at radius 2 is 1.82 bits per heavy atom. The summed E-state index contributed by atoms with van der Waals surface area (Å²) in [5.41, 5.74) is 3.92. The van der Waals surface area contributed by atoms with E-state index in [-0.39, 0.29) is 17.7 Å². The van der Waals surface area contributed by atoms with E-state index in [4.69, 9.17) is 4.74 Å². The van der Waals surface area contributed by atoms with Gasteiger partial charge in [0, 0.05) is 30.9 Å². The highest BCUT2D eigenvalue weighted by molar-refractivity contribution is 6.04. The Hall–Kier alpha value is -3.74. The molecule has 1 atom stereocenters. The third-order valence-electron chi connectivity index (χ3n) is 5.97. The predicted octanol–water partition coefficient (Wildman–Crippen LogP) is 3.91. The minimum absolute atomic E-state index is 0.0735. The van der Waals surface area contributed by atoms with Gasteiger partial charge in [-0.05, 0) is 50.1 Å². The first-order valence-corrected chi connectivity index (χ1v) is 11.0. The van der Waals surface area contributed by atoms with Crippen LogP contribution in [0.4, 0.5) is 5.69 Å². The monoisotopic (exact) mass is 444 g/mol. The quantitative estimate of drug-likeness (QED) is 0.623. The number of ether oxygens (including phenoxy) is 1. The maximum atomic E-state index is 12.7. The van der Waals surface area contributed by atoms with Gasteiger partial charge in [-0.15, -0.1) is 0 Å². The zero-order valence-corrected chi connectivity index (χ0v) is 19.2. The van der Waals surface area contributed by atoms with E-state index in [1.165, 1.54) is 5.56 Å². The van der Waals surface area contributed by atoms with E-state index in [0.717, 1.165) is 17.7 Å². The molecule has 4 rings (SSSR count). The van der Waals surface area contributed by atoms with Gasteiger partial charge in [-0.3, -0.25) is 9.59 Å². The summed E-state index contributed by atoms with van der Waals surface area (Å²) in [6.07, 6.45) is 2.79. The van der Waals surface area contributed by atoms with E-state index in [1.807, 2.05) is 43.0 Å². The average Bonchev–Trinajstić information content (AvgIpc) is 3.31. The molecule has 3 aromatic rings. The minimum atomic E-state index is -0.259. The van der Waals surface area contributed by atoms with Gasteiger partial charge in [-0.2, -0.15) is 0 Å². The number of aryl methyl sites for hydroxylation is 2. The summed E-state index contributed by atoms with van der Waals surface area (Å²) < 4.78 is 5.14. The van der Waals surface area contributed by atoms with Gasteiger partial charge >= 0.3 is 0 Å². The van der Waals surface area contributed by atoms with Gasteiger partial charge in [0.05, 0.1) is 24.8 Å². The lowest BCUT2D eigenvalue weighted by Gasteiger charge is -2.17. The topological polar surface area (TPSA) is 84.4 Å². The largest absolute Gasteiger partial charge is 0.497 e. The summed E-state index contributed by atoms with van der Waals surface area (Å²) in [5.74, 6) is 1.34. The van der Waals surface area contributed by atoms with Crippen LogP contribution in [0.25, 0.3) is 0 Å². The second-order valence-electron chi connectivity index (χ2n) is 8.40. The lowest BCUT2D eigenvalue weighted by atomic mass is 10.1. The van der Waals surface area contributed by atoms with Crippen molar-refractivity contribution in [2.24, 2.45) is 0 Å². The highest BCUT2D eigenvalue weighted by atomic mass is 16.5. The van der Waals surface area contributed by atoms with E-state index < -0.39 is 0 Å². The van der Waals surface area contributed by atoms with Gasteiger partial charge in [0.15, 0.2) is 0 Å². The molecule has 33 heavy (non-hydrogen) atoms. The van der Waals surface area contributed by atoms with Crippen LogP contribution in [0.3, 0.4) is 0 Å². The fraction of sp³-hybridized carbons (Fsp3) is 0.308. The Bertz CT molecular complexity index is 1140. The lowest BCUT2D eigenvalue weighted by molar-refractivity contribution is -0.129. The van der Waals surface area contributed by atoms with Crippen LogP contribution in [0.2, 0.25) is 0 Å². The number of carbonyl (C=O) groups excluding carboxylic acids is 2. The van der Waals surface area contributed by atoms with Gasteiger partial charge in [0.2, 0.25) is 5.91 Å². The Labute approximate surface area is 193 Å². The molecule has 0 spiro atoms. The van der Waals surface area contributed by atoms with Crippen molar-refractivity contribution in [1.82, 2.24) is 14.9 Å². The maximum Gasteiger partial charge on any atom is 0.259 e. The van der Waals surface area contributed by atoms with Crippen LogP contribution in [-0.4, -0.2) is 46.9 Å². The van der Waals surface area contributed by atoms with Crippen LogP contribution >= 0.6 is 0 Å². The molecule has 1 aliphatic rings. The zero-order chi connectivity index (χ0) is 23.4. The summed E-state index contributed by atoms with van der Waals surface area (Å²) in [6.45, 7) is 5.13. The Kier molecular flexibility index (Phi) is 6.68. The molecule has 0 aliphatic carbocycles. The number of carbonyl (C=O) groups is 2. The first-order chi connectivity index (χ1) is 15.9. The average molecular weight is 445 g/mol. The molecule has 1 N–H and O–H groups in total. The fourth-order valence-corrected chi connectivity index (χ4v) is 3.97. The van der Waals surface area contributed by atoms with Crippen molar-refractivity contribution >= 4 is 17.5 Å². The number of anilines is 1. The molecule has 1 unspecified atom stereocenters. The second kappa shape index (κ2) is 9.81. The van der Waals surface area contributed by atoms with Crippen LogP contribution in [-0.2, 0) is 11.2 Å². The zero-order valence-electron chi connectivity index (χ0n) is 19.2. The number of hydrogen-bond donors (Lipinski definition) is 1. The third kappa shape index (κ3) is 5.37. The van der Waals surface area contributed by atoms with Crippen molar-refractivity contribution in [2.45, 2.75) is 32.6 Å². The smallest absolute Gasteiger partial charge is 0.259 e. The van der Waals surface area contributed by atoms with Crippen LogP contribution in [0.1, 0.15) is 45.3 Å². The molecule has 0 bridgehead atoms. The van der Waals surface area contributed by atoms with Crippen molar-refractivity contribution in [1.29, 1.82) is 0 Å². The standard InChI is InChI=1S/C26H28N4O3/c1-17-4-6-19(7-5-17)14-24(31)30-13-12-20(16-30)25-27-15-23(18(2)28-25)26(32)29-21-8-10-22(33-3)11-9-21/h4-11,15,20H,12-14,16H2,1-3H3,(H,29,32). The molecule has 2 aromatic carbocycles. The number of amides is 2. The maximum absolute atomic E-state index is 12.7. The Morgan fingerprint density at radius 3 is 2.48 bits per heavy atom. The number of likely N-dealkylation sites (tertiary alicyclic amines) is 1. The Balaban J connectivity index is 1.37. The summed E-state index contributed by atoms with van der Waals surface area (Å²) in [6, 6.07) is 15.2. The normalized spacial score (nSPS) is 15.4. The number of aromatic nitrogens is 2. The summed E-state index contributed by atoms with van der Waals surface area (Å²) >= 11 is 0. The van der Waals surface area contributed by atoms with Crippen LogP contribution in [0.5, 0.6) is 5.75 Å². The first-order valence-electron chi connectivity index (χ1n) is 11.0. The van der Waals surface area contributed by atoms with E-state index in [9.17, 15) is 9.59 Å². The van der Waals surface area contributed by atoms with E-state index in [1.54, 1.807) is 37.6 Å². The van der Waals surface area contributed by atoms with Gasteiger partial charge in [0.1, 0.15) is 11.6 Å². The van der Waals surface area contributed by atoms with Crippen molar-refractivity contribution in [2.75, 3.05) is 25.5 Å². The summed E-state index contributed by atoms with van der Waals surface area (Å²) in [5, 5.41) is 2.86. The number of benzene rings is 2. The molecular weight excluding hydrogens is 416 g/mol. The molecule has 0 radical (unpaired) electrons. The molecule has 1 aliphatic heterocycles. The molecule has 7 heteroatoms. The second-order valence-corrected chi connectivity index (χ2v) is 8.40. The van der Waals surface area contributed by atoms with Gasteiger partial charge in [-0.1, -0.05) is 29.8 Å². The molecule has 2 heterocycles. The van der Waals surface area contributed by atoms with E-state index in [0.29, 0.717) is 42.3 Å². The van der Waals surface area contributed by atoms with Crippen molar-refractivity contribution in [3.05, 3.63) is 82.9 Å². The molecule has 7 nitrogen and oxygen atoms in total. The molecule has 2 amide bonds. The fourth-order valence-electron chi connectivity index (χ4n) is 3.97. The third-order valence-corrected chi connectivity index (χ3v) is 5.97. The summed E-state index contributed by atoms with van der Waals surface area (Å²) in [4.78, 5) is 36.4. The minimum Gasteiger partial charge on any atom is -0.497 e. The van der Waals surface area contributed by atoms with Crippen LogP contribution in [0, 0.1) is 13.8 Å². The van der Waals surface area contributed by atoms with E-state index in [2.05, 4.69) is 15.3 Å². The molecule has 0 saturated carbocycles. The van der Waals surface area contributed by atoms with Crippen molar-refractivity contribution in [3.8, 4) is 5.75 Å². The number of methoxy groups -OCH3 is 1. The molecule has 170 valence electrons. The SMILES string of the molecule is COc1ccc(NC(=O)c2cnc(C3CCN(C(=O)Cc4ccc(C)cc4)C3)nc2C)cc1. The van der Waals surface area contributed by atoms with Crippen LogP contribution in [0.15, 0.2) is 54.7 Å². The van der Waals surface area contributed by atoms with Gasteiger partial charge < -0.3 is 15.0 Å². The Morgan fingerprint density at radius 1 is 1.09 bits per heavy atom. The highest BCUT2D eigenvalue weighted by Gasteiger charge is 2.29. The first kappa shape index (κ1) is 22.5. The predicted molar refractivity (Wildman–Crippen MR) is 127 cm³/mol. The molecule has 1 fully saturated rings. The molecule has 1 aromatic heterocycles. The van der Waals surface area contributed by atoms with Crippen molar-refractivity contribution in [3.63, 3.8) is 0 Å². The van der Waals surface area contributed by atoms with Gasteiger partial charge in [-0.25, -0.2) is 9.97 Å². The van der Waals surface area contributed by atoms with Crippen LogP contribution < -0.4 is 10.1 Å². The lowest BCUT2D eigenvalue weighted by Crippen LogP contribution is -2.30. The van der Waals surface area contributed by atoms with Crippen molar-refractivity contribution < 1.29 is 14.3 Å². The number of rotatable bonds is 6. The highest BCUT2D eigenvalue weighted by Crippen LogP contribution is 2.26. The van der Waals surface area contributed by atoms with Gasteiger partial charge in [0.25, 0.3) is 5.91 Å².